The van der Waals surface area contributed by atoms with Crippen LogP contribution in [-0.4, -0.2) is 42.9 Å². The summed E-state index contributed by atoms with van der Waals surface area (Å²) in [5, 5.41) is 3.31. The van der Waals surface area contributed by atoms with Crippen LogP contribution in [0.4, 0.5) is 4.39 Å². The van der Waals surface area contributed by atoms with Crippen molar-refractivity contribution >= 4 is 10.0 Å². The van der Waals surface area contributed by atoms with Gasteiger partial charge in [-0.2, -0.15) is 4.31 Å². The molecule has 3 rings (SSSR count). The zero-order chi connectivity index (χ0) is 14.2. The van der Waals surface area contributed by atoms with E-state index in [1.54, 1.807) is 0 Å². The predicted octanol–water partition coefficient (Wildman–Crippen LogP) is 1.13. The van der Waals surface area contributed by atoms with Gasteiger partial charge in [-0.15, -0.1) is 0 Å². The normalized spacial score (nSPS) is 23.4. The number of sulfonamides is 1. The monoisotopic (exact) mass is 299 g/mol. The third kappa shape index (κ3) is 2.84. The van der Waals surface area contributed by atoms with Gasteiger partial charge in [-0.25, -0.2) is 12.8 Å². The highest BCUT2D eigenvalue weighted by atomic mass is 32.2. The van der Waals surface area contributed by atoms with Gasteiger partial charge < -0.3 is 5.32 Å². The molecule has 1 N–H and O–H groups in total. The van der Waals surface area contributed by atoms with Gasteiger partial charge in [0.25, 0.3) is 0 Å². The third-order valence-electron chi connectivity index (χ3n) is 3.80. The molecule has 2 fully saturated rings. The summed E-state index contributed by atoms with van der Waals surface area (Å²) in [6.07, 6.45) is 6.06. The topological polar surface area (TPSA) is 62.3 Å². The molecule has 1 aliphatic carbocycles. The number of nitrogens with zero attached hydrogens (tertiary/aromatic N) is 2. The molecule has 1 aromatic rings. The van der Waals surface area contributed by atoms with Gasteiger partial charge in [-0.05, 0) is 38.3 Å². The zero-order valence-electron chi connectivity index (χ0n) is 11.1. The first-order valence-electron chi connectivity index (χ1n) is 6.93. The van der Waals surface area contributed by atoms with Crippen molar-refractivity contribution in [1.29, 1.82) is 0 Å². The van der Waals surface area contributed by atoms with Gasteiger partial charge in [0.15, 0.2) is 0 Å². The molecule has 5 nitrogen and oxygen atoms in total. The highest BCUT2D eigenvalue weighted by Crippen LogP contribution is 2.32. The summed E-state index contributed by atoms with van der Waals surface area (Å²) in [5.74, 6) is -0.624. The fourth-order valence-corrected chi connectivity index (χ4v) is 4.31. The van der Waals surface area contributed by atoms with Crippen LogP contribution < -0.4 is 5.32 Å². The summed E-state index contributed by atoms with van der Waals surface area (Å²) >= 11 is 0. The average molecular weight is 299 g/mol. The fraction of sp³-hybridized carbons (Fsp3) is 0.615. The van der Waals surface area contributed by atoms with E-state index >= 15 is 0 Å². The number of pyridine rings is 1. The van der Waals surface area contributed by atoms with Crippen molar-refractivity contribution < 1.29 is 12.8 Å². The van der Waals surface area contributed by atoms with Crippen LogP contribution in [0, 0.1) is 5.82 Å². The molecule has 0 radical (unpaired) electrons. The van der Waals surface area contributed by atoms with Crippen LogP contribution in [0.1, 0.15) is 25.7 Å². The Balaban J connectivity index is 1.85. The summed E-state index contributed by atoms with van der Waals surface area (Å²) in [6.45, 7) is 1.40. The predicted molar refractivity (Wildman–Crippen MR) is 72.1 cm³/mol. The van der Waals surface area contributed by atoms with Crippen LogP contribution in [0.25, 0.3) is 0 Å². The standard InChI is InChI=1S/C13H18FN3O2S/c14-10-6-13(8-15-7-10)20(18,19)17(12-3-4-12)9-11-2-1-5-16-11/h6-8,11-12,16H,1-5,9H2. The maximum absolute atomic E-state index is 13.2. The molecule has 2 aliphatic rings. The van der Waals surface area contributed by atoms with Crippen molar-refractivity contribution in [3.8, 4) is 0 Å². The van der Waals surface area contributed by atoms with E-state index in [4.69, 9.17) is 0 Å². The maximum atomic E-state index is 13.2. The Hall–Kier alpha value is -1.05. The van der Waals surface area contributed by atoms with E-state index in [1.165, 1.54) is 10.5 Å². The lowest BCUT2D eigenvalue weighted by atomic mass is 10.2. The zero-order valence-corrected chi connectivity index (χ0v) is 11.9. The minimum atomic E-state index is -3.66. The van der Waals surface area contributed by atoms with E-state index in [9.17, 15) is 12.8 Å². The van der Waals surface area contributed by atoms with E-state index in [1.807, 2.05) is 0 Å². The Morgan fingerprint density at radius 2 is 2.15 bits per heavy atom. The quantitative estimate of drug-likeness (QED) is 0.885. The lowest BCUT2D eigenvalue weighted by Gasteiger charge is -2.25. The van der Waals surface area contributed by atoms with Crippen molar-refractivity contribution in [3.05, 3.63) is 24.3 Å². The van der Waals surface area contributed by atoms with Crippen molar-refractivity contribution in [2.45, 2.75) is 42.7 Å². The Morgan fingerprint density at radius 1 is 1.35 bits per heavy atom. The summed E-state index contributed by atoms with van der Waals surface area (Å²) in [6, 6.07) is 1.30. The van der Waals surface area contributed by atoms with Crippen molar-refractivity contribution in [2.75, 3.05) is 13.1 Å². The highest BCUT2D eigenvalue weighted by Gasteiger charge is 2.39. The lowest BCUT2D eigenvalue weighted by Crippen LogP contribution is -2.42. The fourth-order valence-electron chi connectivity index (χ4n) is 2.60. The number of nitrogens with one attached hydrogen (secondary N) is 1. The molecule has 20 heavy (non-hydrogen) atoms. The molecule has 0 bridgehead atoms. The molecule has 1 aromatic heterocycles. The second-order valence-corrected chi connectivity index (χ2v) is 7.33. The van der Waals surface area contributed by atoms with Gasteiger partial charge in [0.1, 0.15) is 10.7 Å². The van der Waals surface area contributed by atoms with Crippen LogP contribution >= 0.6 is 0 Å². The van der Waals surface area contributed by atoms with Gasteiger partial charge in [-0.1, -0.05) is 0 Å². The molecule has 1 saturated carbocycles. The summed E-state index contributed by atoms with van der Waals surface area (Å²) in [4.78, 5) is 3.59. The van der Waals surface area contributed by atoms with Crippen molar-refractivity contribution in [2.24, 2.45) is 0 Å². The molecular formula is C13H18FN3O2S. The van der Waals surface area contributed by atoms with E-state index < -0.39 is 15.8 Å². The Morgan fingerprint density at radius 3 is 2.75 bits per heavy atom. The van der Waals surface area contributed by atoms with Gasteiger partial charge in [-0.3, -0.25) is 4.98 Å². The van der Waals surface area contributed by atoms with Crippen LogP contribution in [0.15, 0.2) is 23.4 Å². The number of aromatic nitrogens is 1. The number of halogens is 1. The molecule has 110 valence electrons. The third-order valence-corrected chi connectivity index (χ3v) is 5.69. The minimum absolute atomic E-state index is 0.0533. The average Bonchev–Trinajstić information content (AvgIpc) is 3.12. The number of rotatable bonds is 5. The van der Waals surface area contributed by atoms with E-state index in [-0.39, 0.29) is 17.0 Å². The molecule has 1 saturated heterocycles. The Bertz CT molecular complexity index is 583. The first-order chi connectivity index (χ1) is 9.57. The van der Waals surface area contributed by atoms with Crippen LogP contribution in [0.3, 0.4) is 0 Å². The first kappa shape index (κ1) is 13.9. The van der Waals surface area contributed by atoms with Gasteiger partial charge >= 0.3 is 0 Å². The lowest BCUT2D eigenvalue weighted by molar-refractivity contribution is 0.362. The second kappa shape index (κ2) is 5.38. The highest BCUT2D eigenvalue weighted by molar-refractivity contribution is 7.89. The first-order valence-corrected chi connectivity index (χ1v) is 8.37. The Labute approximate surface area is 118 Å². The van der Waals surface area contributed by atoms with E-state index in [0.717, 1.165) is 44.5 Å². The van der Waals surface area contributed by atoms with Crippen LogP contribution in [0.5, 0.6) is 0 Å². The number of hydrogen-bond donors (Lipinski definition) is 1. The van der Waals surface area contributed by atoms with Crippen molar-refractivity contribution in [3.63, 3.8) is 0 Å². The van der Waals surface area contributed by atoms with E-state index in [2.05, 4.69) is 10.3 Å². The SMILES string of the molecule is O=S(=O)(c1cncc(F)c1)N(CC1CCCN1)C1CC1. The van der Waals surface area contributed by atoms with E-state index in [0.29, 0.717) is 6.54 Å². The van der Waals surface area contributed by atoms with Gasteiger partial charge in [0, 0.05) is 24.8 Å². The molecule has 1 aliphatic heterocycles. The maximum Gasteiger partial charge on any atom is 0.245 e. The second-order valence-electron chi connectivity index (χ2n) is 5.44. The molecule has 1 unspecified atom stereocenters. The minimum Gasteiger partial charge on any atom is -0.313 e. The summed E-state index contributed by atoms with van der Waals surface area (Å²) in [7, 11) is -3.66. The van der Waals surface area contributed by atoms with Crippen molar-refractivity contribution in [1.82, 2.24) is 14.6 Å². The van der Waals surface area contributed by atoms with Gasteiger partial charge in [0.2, 0.25) is 10.0 Å². The molecule has 7 heteroatoms. The Kier molecular flexibility index (Phi) is 3.74. The molecule has 2 heterocycles. The molecule has 1 atom stereocenters. The number of hydrogen-bond acceptors (Lipinski definition) is 4. The molecular weight excluding hydrogens is 281 g/mol. The smallest absolute Gasteiger partial charge is 0.245 e. The van der Waals surface area contributed by atoms with Gasteiger partial charge in [0.05, 0.1) is 6.20 Å². The largest absolute Gasteiger partial charge is 0.313 e. The molecule has 0 amide bonds. The molecule has 0 aromatic carbocycles. The summed E-state index contributed by atoms with van der Waals surface area (Å²) in [5.41, 5.74) is 0. The van der Waals surface area contributed by atoms with Crippen LogP contribution in [-0.2, 0) is 10.0 Å². The van der Waals surface area contributed by atoms with Crippen LogP contribution in [0.2, 0.25) is 0 Å². The summed E-state index contributed by atoms with van der Waals surface area (Å²) < 4.78 is 40.0. The molecule has 0 spiro atoms.